The third kappa shape index (κ3) is 6.96. The molecule has 0 spiro atoms. The molecule has 1 fully saturated rings. The van der Waals surface area contributed by atoms with Crippen LogP contribution < -0.4 is 11.1 Å². The quantitative estimate of drug-likeness (QED) is 0.601. The Morgan fingerprint density at radius 2 is 2.04 bits per heavy atom. The maximum atomic E-state index is 12.2. The highest BCUT2D eigenvalue weighted by molar-refractivity contribution is 5.89. The first-order chi connectivity index (χ1) is 10.6. The summed E-state index contributed by atoms with van der Waals surface area (Å²) in [5.41, 5.74) is 5.35. The van der Waals surface area contributed by atoms with Crippen molar-refractivity contribution >= 4 is 17.8 Å². The third-order valence-electron chi connectivity index (χ3n) is 3.47. The number of nitrogens with zero attached hydrogens (tertiary/aromatic N) is 1. The predicted octanol–water partition coefficient (Wildman–Crippen LogP) is 0.347. The molecule has 0 saturated carbocycles. The number of rotatable bonds is 6. The van der Waals surface area contributed by atoms with Crippen molar-refractivity contribution in [3.63, 3.8) is 0 Å². The molecule has 1 amide bonds. The van der Waals surface area contributed by atoms with Crippen molar-refractivity contribution in [2.45, 2.75) is 57.7 Å². The summed E-state index contributed by atoms with van der Waals surface area (Å²) in [5, 5.41) is 12.0. The first-order valence-electron chi connectivity index (χ1n) is 7.82. The molecule has 1 aliphatic rings. The highest BCUT2D eigenvalue weighted by atomic mass is 16.6. The van der Waals surface area contributed by atoms with Gasteiger partial charge in [-0.25, -0.2) is 4.79 Å². The van der Waals surface area contributed by atoms with Gasteiger partial charge in [0, 0.05) is 26.1 Å². The van der Waals surface area contributed by atoms with E-state index < -0.39 is 23.8 Å². The average molecular weight is 329 g/mol. The Balaban J connectivity index is 2.36. The van der Waals surface area contributed by atoms with Crippen molar-refractivity contribution in [1.29, 1.82) is 0 Å². The van der Waals surface area contributed by atoms with Crippen LogP contribution in [0.25, 0.3) is 0 Å². The van der Waals surface area contributed by atoms with Gasteiger partial charge in [0.25, 0.3) is 0 Å². The third-order valence-corrected chi connectivity index (χ3v) is 3.47. The van der Waals surface area contributed by atoms with Gasteiger partial charge < -0.3 is 25.8 Å². The molecule has 23 heavy (non-hydrogen) atoms. The Morgan fingerprint density at radius 1 is 1.39 bits per heavy atom. The Bertz CT molecular complexity index is 447. The van der Waals surface area contributed by atoms with Crippen LogP contribution in [0.15, 0.2) is 0 Å². The summed E-state index contributed by atoms with van der Waals surface area (Å²) in [6.07, 6.45) is -0.0132. The normalized spacial score (nSPS) is 20.0. The van der Waals surface area contributed by atoms with Gasteiger partial charge >= 0.3 is 12.1 Å². The van der Waals surface area contributed by atoms with Crippen molar-refractivity contribution in [2.24, 2.45) is 5.73 Å². The van der Waals surface area contributed by atoms with Crippen LogP contribution >= 0.6 is 0 Å². The van der Waals surface area contributed by atoms with Crippen LogP contribution in [0.5, 0.6) is 0 Å². The summed E-state index contributed by atoms with van der Waals surface area (Å²) in [6.45, 7) is 6.27. The maximum Gasteiger partial charge on any atom is 0.407 e. The van der Waals surface area contributed by atoms with Gasteiger partial charge in [-0.2, -0.15) is 0 Å². The fourth-order valence-electron chi connectivity index (χ4n) is 2.37. The van der Waals surface area contributed by atoms with Crippen molar-refractivity contribution in [2.75, 3.05) is 19.6 Å². The van der Waals surface area contributed by atoms with Gasteiger partial charge in [-0.05, 0) is 33.6 Å². The summed E-state index contributed by atoms with van der Waals surface area (Å²) < 4.78 is 5.19. The number of piperazine rings is 1. The van der Waals surface area contributed by atoms with E-state index in [1.807, 2.05) is 0 Å². The van der Waals surface area contributed by atoms with Crippen LogP contribution in [-0.2, 0) is 14.3 Å². The van der Waals surface area contributed by atoms with E-state index in [0.717, 1.165) is 0 Å². The Labute approximate surface area is 136 Å². The summed E-state index contributed by atoms with van der Waals surface area (Å²) in [7, 11) is 0. The van der Waals surface area contributed by atoms with E-state index in [4.69, 9.17) is 15.6 Å². The molecule has 0 aliphatic carbocycles. The van der Waals surface area contributed by atoms with Gasteiger partial charge in [0.1, 0.15) is 5.60 Å². The number of ether oxygens (including phenoxy) is 1. The highest BCUT2D eigenvalue weighted by Crippen LogP contribution is 2.11. The SMILES string of the molecule is CC(C)(C)OC(=O)CCC[C@H](N)C(=O)C1CN(C(=O)O)CCN1. The summed E-state index contributed by atoms with van der Waals surface area (Å²) >= 11 is 0. The Morgan fingerprint density at radius 3 is 2.61 bits per heavy atom. The van der Waals surface area contributed by atoms with E-state index in [0.29, 0.717) is 25.9 Å². The van der Waals surface area contributed by atoms with E-state index >= 15 is 0 Å². The first kappa shape index (κ1) is 19.4. The molecular formula is C15H27N3O5. The number of Topliss-reactive ketones (excluding diaryl/α,β-unsaturated/α-hetero) is 1. The molecular weight excluding hydrogens is 302 g/mol. The van der Waals surface area contributed by atoms with E-state index in [2.05, 4.69) is 5.32 Å². The summed E-state index contributed by atoms with van der Waals surface area (Å²) in [6, 6.07) is -1.31. The Hall–Kier alpha value is -1.67. The van der Waals surface area contributed by atoms with Crippen LogP contribution in [0.4, 0.5) is 4.79 Å². The molecule has 0 radical (unpaired) electrons. The number of esters is 1. The number of nitrogens with one attached hydrogen (secondary N) is 1. The minimum atomic E-state index is -1.04. The molecule has 0 aromatic rings. The van der Waals surface area contributed by atoms with Crippen molar-refractivity contribution in [1.82, 2.24) is 10.2 Å². The van der Waals surface area contributed by atoms with Crippen LogP contribution in [0.1, 0.15) is 40.0 Å². The molecule has 132 valence electrons. The molecule has 8 heteroatoms. The smallest absolute Gasteiger partial charge is 0.407 e. The maximum absolute atomic E-state index is 12.2. The molecule has 1 saturated heterocycles. The highest BCUT2D eigenvalue weighted by Gasteiger charge is 2.30. The molecule has 1 heterocycles. The van der Waals surface area contributed by atoms with E-state index in [-0.39, 0.29) is 24.7 Å². The average Bonchev–Trinajstić information content (AvgIpc) is 2.44. The first-order valence-corrected chi connectivity index (χ1v) is 7.82. The van der Waals surface area contributed by atoms with Gasteiger partial charge in [-0.1, -0.05) is 0 Å². The van der Waals surface area contributed by atoms with Crippen LogP contribution in [0.2, 0.25) is 0 Å². The van der Waals surface area contributed by atoms with E-state index in [1.165, 1.54) is 4.90 Å². The van der Waals surface area contributed by atoms with Gasteiger partial charge in [0.2, 0.25) is 0 Å². The van der Waals surface area contributed by atoms with Crippen molar-refractivity contribution in [3.8, 4) is 0 Å². The number of amides is 1. The number of hydrogen-bond donors (Lipinski definition) is 3. The molecule has 1 unspecified atom stereocenters. The Kier molecular flexibility index (Phi) is 6.96. The number of hydrogen-bond acceptors (Lipinski definition) is 6. The van der Waals surface area contributed by atoms with Gasteiger partial charge in [-0.15, -0.1) is 0 Å². The number of carboxylic acid groups (broad SMARTS) is 1. The zero-order valence-corrected chi connectivity index (χ0v) is 14.0. The lowest BCUT2D eigenvalue weighted by Crippen LogP contribution is -2.58. The van der Waals surface area contributed by atoms with Crippen LogP contribution in [0.3, 0.4) is 0 Å². The number of nitrogens with two attached hydrogens (primary N) is 1. The molecule has 1 rings (SSSR count). The van der Waals surface area contributed by atoms with Gasteiger partial charge in [-0.3, -0.25) is 9.59 Å². The second-order valence-corrected chi connectivity index (χ2v) is 6.72. The molecule has 0 aromatic carbocycles. The fourth-order valence-corrected chi connectivity index (χ4v) is 2.37. The van der Waals surface area contributed by atoms with Crippen LogP contribution in [0, 0.1) is 0 Å². The van der Waals surface area contributed by atoms with Crippen molar-refractivity contribution < 1.29 is 24.2 Å². The predicted molar refractivity (Wildman–Crippen MR) is 84.1 cm³/mol. The largest absolute Gasteiger partial charge is 0.465 e. The molecule has 0 aromatic heterocycles. The topological polar surface area (TPSA) is 122 Å². The molecule has 8 nitrogen and oxygen atoms in total. The lowest BCUT2D eigenvalue weighted by molar-refractivity contribution is -0.155. The number of carbonyl (C=O) groups excluding carboxylic acids is 2. The zero-order valence-electron chi connectivity index (χ0n) is 14.0. The van der Waals surface area contributed by atoms with Crippen LogP contribution in [-0.4, -0.2) is 65.2 Å². The van der Waals surface area contributed by atoms with Gasteiger partial charge in [0.15, 0.2) is 5.78 Å². The standard InChI is InChI=1S/C15H27N3O5/c1-15(2,3)23-12(19)6-4-5-10(16)13(20)11-9-18(14(21)22)8-7-17-11/h10-11,17H,4-9,16H2,1-3H3,(H,21,22)/t10-,11?/m0/s1. The van der Waals surface area contributed by atoms with E-state index in [1.54, 1.807) is 20.8 Å². The van der Waals surface area contributed by atoms with E-state index in [9.17, 15) is 14.4 Å². The minimum absolute atomic E-state index is 0.105. The summed E-state index contributed by atoms with van der Waals surface area (Å²) in [4.78, 5) is 36.0. The second kappa shape index (κ2) is 8.26. The summed E-state index contributed by atoms with van der Waals surface area (Å²) in [5.74, 6) is -0.537. The molecule has 4 N–H and O–H groups in total. The molecule has 2 atom stereocenters. The zero-order chi connectivity index (χ0) is 17.6. The lowest BCUT2D eigenvalue weighted by atomic mass is 9.99. The number of ketones is 1. The lowest BCUT2D eigenvalue weighted by Gasteiger charge is -2.32. The minimum Gasteiger partial charge on any atom is -0.465 e. The molecule has 1 aliphatic heterocycles. The van der Waals surface area contributed by atoms with Crippen molar-refractivity contribution in [3.05, 3.63) is 0 Å². The fraction of sp³-hybridized carbons (Fsp3) is 0.800. The monoisotopic (exact) mass is 329 g/mol. The number of carbonyl (C=O) groups is 3. The van der Waals surface area contributed by atoms with Gasteiger partial charge in [0.05, 0.1) is 12.1 Å². The molecule has 0 bridgehead atoms. The second-order valence-electron chi connectivity index (χ2n) is 6.72.